The third-order valence-electron chi connectivity index (χ3n) is 1.90. The number of hydrogen-bond donors (Lipinski definition) is 0. The van der Waals surface area contributed by atoms with Crippen LogP contribution in [0, 0.1) is 5.92 Å². The Labute approximate surface area is 88.9 Å². The average molecular weight is 248 g/mol. The third kappa shape index (κ3) is 2.86. The van der Waals surface area contributed by atoms with Gasteiger partial charge in [0.15, 0.2) is 5.08 Å². The first kappa shape index (κ1) is 10.8. The first-order valence-corrected chi connectivity index (χ1v) is 5.77. The second-order valence-electron chi connectivity index (χ2n) is 3.80. The van der Waals surface area contributed by atoms with Gasteiger partial charge < -0.3 is 4.90 Å². The summed E-state index contributed by atoms with van der Waals surface area (Å²) in [7, 11) is 0. The number of rotatable bonds is 4. The van der Waals surface area contributed by atoms with E-state index in [1.54, 1.807) is 0 Å². The van der Waals surface area contributed by atoms with Gasteiger partial charge in [0.05, 0.1) is 0 Å². The minimum atomic E-state index is 0.259. The van der Waals surface area contributed by atoms with E-state index in [0.29, 0.717) is 5.92 Å². The lowest BCUT2D eigenvalue weighted by Gasteiger charge is -2.26. The first-order valence-electron chi connectivity index (χ1n) is 4.85. The summed E-state index contributed by atoms with van der Waals surface area (Å²) in [5, 5.41) is 6.66. The zero-order valence-electron chi connectivity index (χ0n) is 8.57. The van der Waals surface area contributed by atoms with Gasteiger partial charge in [0.25, 0.3) is 0 Å². The van der Waals surface area contributed by atoms with Gasteiger partial charge in [-0.25, -0.2) is 0 Å². The van der Waals surface area contributed by atoms with Crippen LogP contribution in [-0.2, 0) is 0 Å². The molecule has 13 heavy (non-hydrogen) atoms. The van der Waals surface area contributed by atoms with Crippen LogP contribution in [0.25, 0.3) is 0 Å². The van der Waals surface area contributed by atoms with Gasteiger partial charge in [0, 0.05) is 13.1 Å². The van der Waals surface area contributed by atoms with Crippen molar-refractivity contribution in [2.45, 2.75) is 32.3 Å². The highest BCUT2D eigenvalue weighted by molar-refractivity contribution is 9.09. The van der Waals surface area contributed by atoms with Crippen molar-refractivity contribution in [3.8, 4) is 0 Å². The molecule has 1 rings (SSSR count). The number of hydrogen-bond acceptors (Lipinski definition) is 3. The predicted molar refractivity (Wildman–Crippen MR) is 59.7 cm³/mol. The Morgan fingerprint density at radius 3 is 2.77 bits per heavy atom. The first-order chi connectivity index (χ1) is 6.15. The van der Waals surface area contributed by atoms with E-state index >= 15 is 0 Å². The maximum absolute atomic E-state index is 4.33. The molecule has 0 saturated carbocycles. The van der Waals surface area contributed by atoms with E-state index in [4.69, 9.17) is 0 Å². The van der Waals surface area contributed by atoms with Gasteiger partial charge in [-0.2, -0.15) is 5.10 Å². The Hall–Kier alpha value is -0.250. The minimum Gasteiger partial charge on any atom is -0.330 e. The van der Waals surface area contributed by atoms with Crippen molar-refractivity contribution in [1.29, 1.82) is 0 Å². The summed E-state index contributed by atoms with van der Waals surface area (Å²) >= 11 is 3.63. The van der Waals surface area contributed by atoms with E-state index in [1.165, 1.54) is 0 Å². The second kappa shape index (κ2) is 4.84. The monoisotopic (exact) mass is 247 g/mol. The molecule has 0 aromatic heterocycles. The van der Waals surface area contributed by atoms with Gasteiger partial charge in [0.2, 0.25) is 0 Å². The Morgan fingerprint density at radius 1 is 1.54 bits per heavy atom. The van der Waals surface area contributed by atoms with Crippen molar-refractivity contribution in [3.05, 3.63) is 0 Å². The summed E-state index contributed by atoms with van der Waals surface area (Å²) in [6.45, 7) is 8.67. The quantitative estimate of drug-likeness (QED) is 0.561. The largest absolute Gasteiger partial charge is 0.330 e. The molecule has 1 heterocycles. The van der Waals surface area contributed by atoms with Gasteiger partial charge in [-0.1, -0.05) is 20.8 Å². The molecule has 0 bridgehead atoms. The molecular formula is C9H18BrN3. The standard InChI is InChI=1S/C9H18BrN3/c1-4-5-13-9(10)12(7-11-13)6-8(2)3/h7-9H,4-6H2,1-3H3. The molecule has 0 spiro atoms. The van der Waals surface area contributed by atoms with Gasteiger partial charge in [-0.05, 0) is 28.3 Å². The van der Waals surface area contributed by atoms with Gasteiger partial charge in [-0.3, -0.25) is 5.01 Å². The molecule has 0 amide bonds. The highest BCUT2D eigenvalue weighted by atomic mass is 79.9. The summed E-state index contributed by atoms with van der Waals surface area (Å²) < 4.78 is 0. The zero-order valence-corrected chi connectivity index (χ0v) is 10.2. The molecule has 1 unspecified atom stereocenters. The summed E-state index contributed by atoms with van der Waals surface area (Å²) in [6, 6.07) is 0. The van der Waals surface area contributed by atoms with Crippen LogP contribution in [-0.4, -0.2) is 34.4 Å². The fraction of sp³-hybridized carbons (Fsp3) is 0.889. The topological polar surface area (TPSA) is 18.8 Å². The van der Waals surface area contributed by atoms with Crippen molar-refractivity contribution < 1.29 is 0 Å². The van der Waals surface area contributed by atoms with E-state index in [0.717, 1.165) is 19.5 Å². The molecule has 1 atom stereocenters. The SMILES string of the molecule is CCCN1N=CN(CC(C)C)C1Br. The Kier molecular flexibility index (Phi) is 4.03. The molecule has 0 aromatic rings. The lowest BCUT2D eigenvalue weighted by molar-refractivity contribution is 0.201. The van der Waals surface area contributed by atoms with E-state index in [9.17, 15) is 0 Å². The Balaban J connectivity index is 2.41. The minimum absolute atomic E-state index is 0.259. The zero-order chi connectivity index (χ0) is 9.84. The molecule has 0 saturated heterocycles. The lowest BCUT2D eigenvalue weighted by Crippen LogP contribution is -2.36. The van der Waals surface area contributed by atoms with Crippen molar-refractivity contribution in [2.75, 3.05) is 13.1 Å². The normalized spacial score (nSPS) is 22.1. The van der Waals surface area contributed by atoms with Crippen molar-refractivity contribution in [1.82, 2.24) is 9.91 Å². The number of alkyl halides is 1. The summed E-state index contributed by atoms with van der Waals surface area (Å²) in [4.78, 5) is 2.22. The molecule has 76 valence electrons. The second-order valence-corrected chi connectivity index (χ2v) is 4.61. The molecule has 1 aliphatic heterocycles. The van der Waals surface area contributed by atoms with Crippen LogP contribution in [0.15, 0.2) is 5.10 Å². The van der Waals surface area contributed by atoms with Gasteiger partial charge in [-0.15, -0.1) is 0 Å². The molecule has 0 radical (unpaired) electrons. The van der Waals surface area contributed by atoms with E-state index in [1.807, 2.05) is 6.34 Å². The molecule has 0 N–H and O–H groups in total. The molecule has 1 aliphatic rings. The molecule has 0 aliphatic carbocycles. The number of halogens is 1. The molecule has 3 nitrogen and oxygen atoms in total. The molecule has 0 aromatic carbocycles. The van der Waals surface area contributed by atoms with Crippen LogP contribution < -0.4 is 0 Å². The number of hydrazone groups is 1. The molecule has 0 fully saturated rings. The molecular weight excluding hydrogens is 230 g/mol. The van der Waals surface area contributed by atoms with Crippen LogP contribution >= 0.6 is 15.9 Å². The lowest BCUT2D eigenvalue weighted by atomic mass is 10.2. The Morgan fingerprint density at radius 2 is 2.23 bits per heavy atom. The summed E-state index contributed by atoms with van der Waals surface area (Å²) in [5.41, 5.74) is 0. The van der Waals surface area contributed by atoms with Crippen molar-refractivity contribution in [2.24, 2.45) is 11.0 Å². The van der Waals surface area contributed by atoms with E-state index in [-0.39, 0.29) is 5.08 Å². The van der Waals surface area contributed by atoms with E-state index < -0.39 is 0 Å². The highest BCUT2D eigenvalue weighted by Crippen LogP contribution is 2.19. The van der Waals surface area contributed by atoms with Gasteiger partial charge >= 0.3 is 0 Å². The molecule has 4 heteroatoms. The van der Waals surface area contributed by atoms with Crippen LogP contribution in [0.1, 0.15) is 27.2 Å². The van der Waals surface area contributed by atoms with Crippen molar-refractivity contribution >= 4 is 22.3 Å². The maximum Gasteiger partial charge on any atom is 0.175 e. The van der Waals surface area contributed by atoms with Crippen LogP contribution in [0.3, 0.4) is 0 Å². The summed E-state index contributed by atoms with van der Waals surface area (Å²) in [6.07, 6.45) is 3.06. The summed E-state index contributed by atoms with van der Waals surface area (Å²) in [5.74, 6) is 0.674. The number of nitrogens with zero attached hydrogens (tertiary/aromatic N) is 3. The average Bonchev–Trinajstić information content (AvgIpc) is 2.36. The fourth-order valence-corrected chi connectivity index (χ4v) is 1.95. The van der Waals surface area contributed by atoms with Crippen LogP contribution in [0.2, 0.25) is 0 Å². The Bertz CT molecular complexity index is 182. The smallest absolute Gasteiger partial charge is 0.175 e. The third-order valence-corrected chi connectivity index (χ3v) is 2.90. The van der Waals surface area contributed by atoms with Crippen molar-refractivity contribution in [3.63, 3.8) is 0 Å². The predicted octanol–water partition coefficient (Wildman–Crippen LogP) is 2.29. The van der Waals surface area contributed by atoms with Crippen LogP contribution in [0.5, 0.6) is 0 Å². The van der Waals surface area contributed by atoms with Gasteiger partial charge in [0.1, 0.15) is 6.34 Å². The van der Waals surface area contributed by atoms with Crippen LogP contribution in [0.4, 0.5) is 0 Å². The highest BCUT2D eigenvalue weighted by Gasteiger charge is 2.24. The van der Waals surface area contributed by atoms with E-state index in [2.05, 4.69) is 51.7 Å². The maximum atomic E-state index is 4.33. The fourth-order valence-electron chi connectivity index (χ4n) is 1.36.